The van der Waals surface area contributed by atoms with E-state index in [0.717, 1.165) is 6.61 Å². The number of rotatable bonds is 1. The van der Waals surface area contributed by atoms with Crippen LogP contribution in [0.15, 0.2) is 0 Å². The third kappa shape index (κ3) is 18.5. The monoisotopic (exact) mass is 128 g/mol. The molecule has 0 aromatic carbocycles. The largest absolute Gasteiger partial charge is 0.376 e. The minimum absolute atomic E-state index is 0.0503. The molecule has 0 atom stereocenters. The van der Waals surface area contributed by atoms with Crippen LogP contribution in [0.3, 0.4) is 0 Å². The van der Waals surface area contributed by atoms with Crippen molar-refractivity contribution in [3.05, 3.63) is 0 Å². The Balaban J connectivity index is 0. The zero-order valence-electron chi connectivity index (χ0n) is 6.77. The van der Waals surface area contributed by atoms with E-state index in [9.17, 15) is 0 Å². The Kier molecular flexibility index (Phi) is 7.12. The highest BCUT2D eigenvalue weighted by Gasteiger charge is 2.06. The second kappa shape index (κ2) is 5.65. The molecule has 1 nitrogen and oxygen atoms in total. The smallest absolute Gasteiger partial charge is 0.0598 e. The quantitative estimate of drug-likeness (QED) is 0.491. The van der Waals surface area contributed by atoms with E-state index in [1.54, 1.807) is 0 Å². The summed E-state index contributed by atoms with van der Waals surface area (Å²) in [6.07, 6.45) is 8.00. The molecule has 0 rings (SSSR count). The van der Waals surface area contributed by atoms with Gasteiger partial charge < -0.3 is 4.74 Å². The fourth-order valence-electron chi connectivity index (χ4n) is 0.433. The number of hydrogen-bond acceptors (Lipinski definition) is 1. The molecular formula is C8H16O. The van der Waals surface area contributed by atoms with Gasteiger partial charge in [-0.1, -0.05) is 0 Å². The summed E-state index contributed by atoms with van der Waals surface area (Å²) in [5.41, 5.74) is 0.0503. The van der Waals surface area contributed by atoms with Gasteiger partial charge in [-0.2, -0.15) is 0 Å². The maximum Gasteiger partial charge on any atom is 0.0598 e. The molecule has 0 saturated heterocycles. The highest BCUT2D eigenvalue weighted by molar-refractivity contribution is 4.56. The number of terminal acetylenes is 1. The van der Waals surface area contributed by atoms with E-state index in [4.69, 9.17) is 4.74 Å². The Morgan fingerprint density at radius 2 is 1.56 bits per heavy atom. The van der Waals surface area contributed by atoms with Crippen molar-refractivity contribution in [2.75, 3.05) is 6.61 Å². The van der Waals surface area contributed by atoms with E-state index in [1.165, 1.54) is 0 Å². The van der Waals surface area contributed by atoms with Crippen LogP contribution in [0.1, 0.15) is 27.7 Å². The molecule has 0 radical (unpaired) electrons. The van der Waals surface area contributed by atoms with Crippen molar-refractivity contribution in [2.45, 2.75) is 33.3 Å². The first-order valence-corrected chi connectivity index (χ1v) is 3.03. The summed E-state index contributed by atoms with van der Waals surface area (Å²) in [5.74, 6) is 0. The maximum absolute atomic E-state index is 5.23. The molecule has 0 fully saturated rings. The lowest BCUT2D eigenvalue weighted by atomic mass is 10.2. The molecule has 0 amide bonds. The van der Waals surface area contributed by atoms with E-state index in [0.29, 0.717) is 0 Å². The summed E-state index contributed by atoms with van der Waals surface area (Å²) < 4.78 is 5.23. The van der Waals surface area contributed by atoms with Crippen LogP contribution in [-0.2, 0) is 4.74 Å². The Morgan fingerprint density at radius 3 is 1.56 bits per heavy atom. The van der Waals surface area contributed by atoms with Gasteiger partial charge in [0.2, 0.25) is 0 Å². The van der Waals surface area contributed by atoms with Gasteiger partial charge in [-0.3, -0.25) is 0 Å². The Bertz CT molecular complexity index is 66.4. The van der Waals surface area contributed by atoms with Crippen molar-refractivity contribution in [3.8, 4) is 12.8 Å². The van der Waals surface area contributed by atoms with Gasteiger partial charge in [0.25, 0.3) is 0 Å². The fourth-order valence-corrected chi connectivity index (χ4v) is 0.433. The highest BCUT2D eigenvalue weighted by atomic mass is 16.5. The minimum atomic E-state index is 0.0503. The van der Waals surface area contributed by atoms with Crippen LogP contribution in [0.4, 0.5) is 0 Å². The summed E-state index contributed by atoms with van der Waals surface area (Å²) in [4.78, 5) is 0. The van der Waals surface area contributed by atoms with E-state index in [-0.39, 0.29) is 5.60 Å². The molecule has 0 unspecified atom stereocenters. The van der Waals surface area contributed by atoms with Gasteiger partial charge >= 0.3 is 0 Å². The second-order valence-electron chi connectivity index (χ2n) is 2.55. The SMILES string of the molecule is C#C.CCOC(C)(C)C. The van der Waals surface area contributed by atoms with Gasteiger partial charge in [-0.25, -0.2) is 0 Å². The first-order chi connectivity index (χ1) is 4.06. The van der Waals surface area contributed by atoms with Crippen molar-refractivity contribution < 1.29 is 4.74 Å². The van der Waals surface area contributed by atoms with Crippen LogP contribution in [0, 0.1) is 12.8 Å². The molecule has 0 aromatic rings. The Hall–Kier alpha value is -0.480. The summed E-state index contributed by atoms with van der Waals surface area (Å²) in [6.45, 7) is 8.97. The molecule has 1 heteroatoms. The van der Waals surface area contributed by atoms with E-state index in [2.05, 4.69) is 33.6 Å². The summed E-state index contributed by atoms with van der Waals surface area (Å²) in [6, 6.07) is 0. The molecule has 0 aromatic heterocycles. The molecule has 0 N–H and O–H groups in total. The summed E-state index contributed by atoms with van der Waals surface area (Å²) >= 11 is 0. The van der Waals surface area contributed by atoms with E-state index >= 15 is 0 Å². The molecule has 54 valence electrons. The van der Waals surface area contributed by atoms with Crippen molar-refractivity contribution in [1.82, 2.24) is 0 Å². The van der Waals surface area contributed by atoms with Crippen LogP contribution < -0.4 is 0 Å². The minimum Gasteiger partial charge on any atom is -0.376 e. The second-order valence-corrected chi connectivity index (χ2v) is 2.55. The van der Waals surface area contributed by atoms with Gasteiger partial charge in [-0.05, 0) is 27.7 Å². The molecule has 0 aliphatic carbocycles. The van der Waals surface area contributed by atoms with Crippen molar-refractivity contribution in [2.24, 2.45) is 0 Å². The first-order valence-electron chi connectivity index (χ1n) is 3.03. The van der Waals surface area contributed by atoms with Crippen molar-refractivity contribution >= 4 is 0 Å². The third-order valence-electron chi connectivity index (χ3n) is 0.577. The normalized spacial score (nSPS) is 9.56. The van der Waals surface area contributed by atoms with Crippen molar-refractivity contribution in [3.63, 3.8) is 0 Å². The number of hydrogen-bond donors (Lipinski definition) is 0. The lowest BCUT2D eigenvalue weighted by Gasteiger charge is -2.17. The predicted octanol–water partition coefficient (Wildman–Crippen LogP) is 2.07. The van der Waals surface area contributed by atoms with Gasteiger partial charge in [0.05, 0.1) is 5.60 Å². The summed E-state index contributed by atoms with van der Waals surface area (Å²) in [5, 5.41) is 0. The fraction of sp³-hybridized carbons (Fsp3) is 0.750. The zero-order valence-corrected chi connectivity index (χ0v) is 6.77. The maximum atomic E-state index is 5.23. The van der Waals surface area contributed by atoms with Crippen LogP contribution in [-0.4, -0.2) is 12.2 Å². The molecule has 0 bridgehead atoms. The molecule has 0 saturated carbocycles. The van der Waals surface area contributed by atoms with Crippen LogP contribution >= 0.6 is 0 Å². The van der Waals surface area contributed by atoms with Crippen molar-refractivity contribution in [1.29, 1.82) is 0 Å². The molecule has 9 heavy (non-hydrogen) atoms. The third-order valence-corrected chi connectivity index (χ3v) is 0.577. The molecule has 0 heterocycles. The molecule has 0 spiro atoms. The highest BCUT2D eigenvalue weighted by Crippen LogP contribution is 2.04. The molecule has 0 aliphatic heterocycles. The topological polar surface area (TPSA) is 9.23 Å². The van der Waals surface area contributed by atoms with Gasteiger partial charge in [0.15, 0.2) is 0 Å². The van der Waals surface area contributed by atoms with Crippen LogP contribution in [0.25, 0.3) is 0 Å². The number of ether oxygens (including phenoxy) is 1. The Morgan fingerprint density at radius 1 is 1.22 bits per heavy atom. The average molecular weight is 128 g/mol. The van der Waals surface area contributed by atoms with Gasteiger partial charge in [0.1, 0.15) is 0 Å². The van der Waals surface area contributed by atoms with Gasteiger partial charge in [-0.15, -0.1) is 12.8 Å². The van der Waals surface area contributed by atoms with Gasteiger partial charge in [0, 0.05) is 6.61 Å². The predicted molar refractivity (Wildman–Crippen MR) is 41.3 cm³/mol. The zero-order chi connectivity index (χ0) is 7.91. The molecule has 0 aliphatic rings. The summed E-state index contributed by atoms with van der Waals surface area (Å²) in [7, 11) is 0. The lowest BCUT2D eigenvalue weighted by molar-refractivity contribution is 0.00532. The van der Waals surface area contributed by atoms with E-state index < -0.39 is 0 Å². The van der Waals surface area contributed by atoms with Crippen LogP contribution in [0.2, 0.25) is 0 Å². The lowest BCUT2D eigenvalue weighted by Crippen LogP contribution is -2.18. The molecular weight excluding hydrogens is 112 g/mol. The standard InChI is InChI=1S/C6H14O.C2H2/c1-5-7-6(2,3)4;1-2/h5H2,1-4H3;1-2H. The van der Waals surface area contributed by atoms with E-state index in [1.807, 2.05) is 6.92 Å². The Labute approximate surface area is 58.4 Å². The first kappa shape index (κ1) is 11.3. The average Bonchev–Trinajstić information content (AvgIpc) is 1.69. The van der Waals surface area contributed by atoms with Crippen LogP contribution in [0.5, 0.6) is 0 Å².